The lowest BCUT2D eigenvalue weighted by Crippen LogP contribution is -2.03. The Hall–Kier alpha value is -1.55. The molecule has 0 radical (unpaired) electrons. The van der Waals surface area contributed by atoms with Gasteiger partial charge in [0.2, 0.25) is 0 Å². The lowest BCUT2D eigenvalue weighted by atomic mass is 10.0. The Morgan fingerprint density at radius 3 is 2.67 bits per heavy atom. The first-order chi connectivity index (χ1) is 8.56. The van der Waals surface area contributed by atoms with Gasteiger partial charge in [0.15, 0.2) is 5.78 Å². The summed E-state index contributed by atoms with van der Waals surface area (Å²) in [5.41, 5.74) is 3.91. The second kappa shape index (κ2) is 5.40. The monoisotopic (exact) mass is 261 g/mol. The molecule has 2 aromatic rings. The lowest BCUT2D eigenvalue weighted by Gasteiger charge is -2.03. The maximum atomic E-state index is 12.0. The predicted octanol–water partition coefficient (Wildman–Crippen LogP) is 3.57. The normalized spacial score (nSPS) is 10.6. The Bertz CT molecular complexity index is 575. The van der Waals surface area contributed by atoms with Crippen molar-refractivity contribution in [2.75, 3.05) is 5.75 Å². The van der Waals surface area contributed by atoms with E-state index in [2.05, 4.69) is 4.98 Å². The number of hydrogen-bond donors (Lipinski definition) is 0. The van der Waals surface area contributed by atoms with E-state index in [1.54, 1.807) is 6.26 Å². The van der Waals surface area contributed by atoms with Gasteiger partial charge in [-0.05, 0) is 38.0 Å². The van der Waals surface area contributed by atoms with Crippen LogP contribution in [0.5, 0.6) is 0 Å². The van der Waals surface area contributed by atoms with Crippen LogP contribution in [0, 0.1) is 20.8 Å². The van der Waals surface area contributed by atoms with E-state index in [0.29, 0.717) is 11.0 Å². The van der Waals surface area contributed by atoms with Gasteiger partial charge in [-0.15, -0.1) is 0 Å². The van der Waals surface area contributed by atoms with Crippen molar-refractivity contribution in [1.29, 1.82) is 0 Å². The molecule has 0 aliphatic heterocycles. The fourth-order valence-corrected chi connectivity index (χ4v) is 2.27. The average molecular weight is 261 g/mol. The van der Waals surface area contributed by atoms with Crippen molar-refractivity contribution in [3.8, 4) is 0 Å². The number of carbonyl (C=O) groups is 1. The number of aryl methyl sites for hydroxylation is 3. The molecule has 0 saturated heterocycles. The molecule has 94 valence electrons. The first-order valence-electron chi connectivity index (χ1n) is 5.71. The third kappa shape index (κ3) is 3.01. The summed E-state index contributed by atoms with van der Waals surface area (Å²) in [6.45, 7) is 5.91. The molecule has 0 fully saturated rings. The molecule has 0 unspecified atom stereocenters. The lowest BCUT2D eigenvalue weighted by molar-refractivity contribution is 0.102. The Morgan fingerprint density at radius 1 is 1.28 bits per heavy atom. The third-order valence-corrected chi connectivity index (χ3v) is 3.59. The molecule has 0 atom stereocenters. The van der Waals surface area contributed by atoms with Gasteiger partial charge in [-0.25, -0.2) is 4.98 Å². The van der Waals surface area contributed by atoms with Crippen molar-refractivity contribution < 1.29 is 9.21 Å². The number of benzene rings is 1. The van der Waals surface area contributed by atoms with Crippen LogP contribution in [0.1, 0.15) is 27.2 Å². The smallest absolute Gasteiger partial charge is 0.256 e. The van der Waals surface area contributed by atoms with E-state index in [1.165, 1.54) is 17.3 Å². The fraction of sp³-hybridized carbons (Fsp3) is 0.286. The van der Waals surface area contributed by atoms with Gasteiger partial charge in [-0.2, -0.15) is 0 Å². The van der Waals surface area contributed by atoms with E-state index in [9.17, 15) is 4.79 Å². The van der Waals surface area contributed by atoms with Crippen LogP contribution in [0.2, 0.25) is 0 Å². The molecule has 0 bridgehead atoms. The van der Waals surface area contributed by atoms with E-state index in [-0.39, 0.29) is 5.78 Å². The predicted molar refractivity (Wildman–Crippen MR) is 72.2 cm³/mol. The van der Waals surface area contributed by atoms with Crippen molar-refractivity contribution in [1.82, 2.24) is 4.98 Å². The highest BCUT2D eigenvalue weighted by Gasteiger charge is 2.10. The van der Waals surface area contributed by atoms with E-state index >= 15 is 0 Å². The Balaban J connectivity index is 2.01. The summed E-state index contributed by atoms with van der Waals surface area (Å²) in [7, 11) is 0. The SMILES string of the molecule is Cc1coc(SCC(=O)c2ccc(C)c(C)c2)n1. The minimum absolute atomic E-state index is 0.0963. The maximum Gasteiger partial charge on any atom is 0.256 e. The van der Waals surface area contributed by atoms with Crippen LogP contribution < -0.4 is 0 Å². The highest BCUT2D eigenvalue weighted by Crippen LogP contribution is 2.19. The average Bonchev–Trinajstić information content (AvgIpc) is 2.75. The van der Waals surface area contributed by atoms with E-state index in [0.717, 1.165) is 16.8 Å². The molecule has 0 aliphatic carbocycles. The molecule has 0 aliphatic rings. The zero-order valence-electron chi connectivity index (χ0n) is 10.7. The highest BCUT2D eigenvalue weighted by atomic mass is 32.2. The van der Waals surface area contributed by atoms with Gasteiger partial charge >= 0.3 is 0 Å². The largest absolute Gasteiger partial charge is 0.440 e. The van der Waals surface area contributed by atoms with Gasteiger partial charge in [-0.1, -0.05) is 23.9 Å². The second-order valence-electron chi connectivity index (χ2n) is 4.27. The van der Waals surface area contributed by atoms with Gasteiger partial charge in [-0.3, -0.25) is 4.79 Å². The molecule has 1 aromatic carbocycles. The first-order valence-corrected chi connectivity index (χ1v) is 6.70. The summed E-state index contributed by atoms with van der Waals surface area (Å²) in [4.78, 5) is 16.2. The van der Waals surface area contributed by atoms with Crippen molar-refractivity contribution in [3.05, 3.63) is 46.8 Å². The molecule has 0 spiro atoms. The molecular weight excluding hydrogens is 246 g/mol. The fourth-order valence-electron chi connectivity index (χ4n) is 1.52. The van der Waals surface area contributed by atoms with Crippen LogP contribution in [-0.2, 0) is 0 Å². The van der Waals surface area contributed by atoms with E-state index < -0.39 is 0 Å². The Kier molecular flexibility index (Phi) is 3.87. The number of nitrogens with zero attached hydrogens (tertiary/aromatic N) is 1. The van der Waals surface area contributed by atoms with Crippen molar-refractivity contribution in [3.63, 3.8) is 0 Å². The molecule has 0 saturated carbocycles. The summed E-state index contributed by atoms with van der Waals surface area (Å²) < 4.78 is 5.19. The molecule has 1 aromatic heterocycles. The number of oxazole rings is 1. The van der Waals surface area contributed by atoms with Crippen LogP contribution >= 0.6 is 11.8 Å². The van der Waals surface area contributed by atoms with Crippen LogP contribution in [0.3, 0.4) is 0 Å². The van der Waals surface area contributed by atoms with Crippen LogP contribution in [0.15, 0.2) is 34.1 Å². The first kappa shape index (κ1) is 12.9. The summed E-state index contributed by atoms with van der Waals surface area (Å²) in [6.07, 6.45) is 1.59. The maximum absolute atomic E-state index is 12.0. The molecule has 0 N–H and O–H groups in total. The number of Topliss-reactive ketones (excluding diaryl/α,β-unsaturated/α-hetero) is 1. The van der Waals surface area contributed by atoms with Gasteiger partial charge < -0.3 is 4.42 Å². The van der Waals surface area contributed by atoms with Crippen molar-refractivity contribution in [2.24, 2.45) is 0 Å². The van der Waals surface area contributed by atoms with Crippen LogP contribution in [0.4, 0.5) is 0 Å². The number of carbonyl (C=O) groups excluding carboxylic acids is 1. The van der Waals surface area contributed by atoms with E-state index in [4.69, 9.17) is 4.42 Å². The standard InChI is InChI=1S/C14H15NO2S/c1-9-4-5-12(6-10(9)2)13(16)8-18-14-15-11(3)7-17-14/h4-7H,8H2,1-3H3. The topological polar surface area (TPSA) is 43.1 Å². The molecule has 4 heteroatoms. The summed E-state index contributed by atoms with van der Waals surface area (Å²) >= 11 is 1.33. The number of hydrogen-bond acceptors (Lipinski definition) is 4. The minimum atomic E-state index is 0.0963. The number of thioether (sulfide) groups is 1. The number of rotatable bonds is 4. The summed E-state index contributed by atoms with van der Waals surface area (Å²) in [5.74, 6) is 0.446. The second-order valence-corrected chi connectivity index (χ2v) is 5.19. The van der Waals surface area contributed by atoms with Crippen molar-refractivity contribution >= 4 is 17.5 Å². The molecule has 3 nitrogen and oxygen atoms in total. The number of aromatic nitrogens is 1. The molecule has 2 rings (SSSR count). The third-order valence-electron chi connectivity index (χ3n) is 2.75. The Morgan fingerprint density at radius 2 is 2.06 bits per heavy atom. The summed E-state index contributed by atoms with van der Waals surface area (Å²) in [5, 5.41) is 0.546. The number of ketones is 1. The van der Waals surface area contributed by atoms with Gasteiger partial charge in [0, 0.05) is 5.56 Å². The van der Waals surface area contributed by atoms with Crippen LogP contribution in [-0.4, -0.2) is 16.5 Å². The summed E-state index contributed by atoms with van der Waals surface area (Å²) in [6, 6.07) is 5.77. The van der Waals surface area contributed by atoms with Gasteiger partial charge in [0.25, 0.3) is 5.22 Å². The zero-order valence-corrected chi connectivity index (χ0v) is 11.5. The van der Waals surface area contributed by atoms with E-state index in [1.807, 2.05) is 39.0 Å². The minimum Gasteiger partial charge on any atom is -0.440 e. The molecule has 0 amide bonds. The Labute approximate surface area is 111 Å². The zero-order chi connectivity index (χ0) is 13.1. The van der Waals surface area contributed by atoms with Gasteiger partial charge in [0.05, 0.1) is 11.4 Å². The molecule has 18 heavy (non-hydrogen) atoms. The van der Waals surface area contributed by atoms with Crippen LogP contribution in [0.25, 0.3) is 0 Å². The van der Waals surface area contributed by atoms with Crippen molar-refractivity contribution in [2.45, 2.75) is 26.0 Å². The van der Waals surface area contributed by atoms with Gasteiger partial charge in [0.1, 0.15) is 6.26 Å². The quantitative estimate of drug-likeness (QED) is 0.623. The highest BCUT2D eigenvalue weighted by molar-refractivity contribution is 7.99. The molecular formula is C14H15NO2S. The molecule has 1 heterocycles.